The summed E-state index contributed by atoms with van der Waals surface area (Å²) in [4.78, 5) is 13.0. The van der Waals surface area contributed by atoms with Gasteiger partial charge in [0.15, 0.2) is 0 Å². The number of benzene rings is 1. The second kappa shape index (κ2) is 5.39. The predicted molar refractivity (Wildman–Crippen MR) is 75.1 cm³/mol. The first-order chi connectivity index (χ1) is 8.91. The number of carboxylic acid groups (broad SMARTS) is 1. The molecule has 0 atom stereocenters. The maximum Gasteiger partial charge on any atom is 0.337 e. The van der Waals surface area contributed by atoms with Crippen molar-refractivity contribution in [2.45, 2.75) is 31.3 Å². The zero-order chi connectivity index (χ0) is 14.0. The average molecular weight is 284 g/mol. The van der Waals surface area contributed by atoms with Crippen molar-refractivity contribution < 1.29 is 15.0 Å². The summed E-state index contributed by atoms with van der Waals surface area (Å²) < 4.78 is 0. The first-order valence-corrected chi connectivity index (χ1v) is 6.75. The van der Waals surface area contributed by atoms with Gasteiger partial charge in [0.05, 0.1) is 16.9 Å². The van der Waals surface area contributed by atoms with Crippen molar-refractivity contribution in [3.8, 4) is 0 Å². The van der Waals surface area contributed by atoms with E-state index in [1.54, 1.807) is 24.1 Å². The van der Waals surface area contributed by atoms with E-state index in [0.717, 1.165) is 25.7 Å². The fourth-order valence-electron chi connectivity index (χ4n) is 2.73. The fourth-order valence-corrected chi connectivity index (χ4v) is 2.90. The Balaban J connectivity index is 2.23. The molecule has 4 nitrogen and oxygen atoms in total. The van der Waals surface area contributed by atoms with Crippen LogP contribution in [0.5, 0.6) is 0 Å². The molecule has 0 saturated heterocycles. The minimum absolute atomic E-state index is 0.164. The highest BCUT2D eigenvalue weighted by atomic mass is 35.5. The van der Waals surface area contributed by atoms with E-state index in [4.69, 9.17) is 11.6 Å². The molecule has 0 unspecified atom stereocenters. The maximum atomic E-state index is 11.2. The van der Waals surface area contributed by atoms with E-state index in [-0.39, 0.29) is 5.56 Å². The normalized spacial score (nSPS) is 17.4. The third-order valence-corrected chi connectivity index (χ3v) is 3.90. The summed E-state index contributed by atoms with van der Waals surface area (Å²) >= 11 is 5.83. The van der Waals surface area contributed by atoms with Crippen LogP contribution in [-0.2, 0) is 0 Å². The lowest BCUT2D eigenvalue weighted by Gasteiger charge is -2.30. The van der Waals surface area contributed by atoms with Gasteiger partial charge in [-0.15, -0.1) is 0 Å². The van der Waals surface area contributed by atoms with Gasteiger partial charge in [0, 0.05) is 18.6 Å². The number of halogens is 1. The van der Waals surface area contributed by atoms with Crippen LogP contribution in [-0.4, -0.2) is 35.4 Å². The molecule has 1 fully saturated rings. The molecule has 0 bridgehead atoms. The molecule has 5 heteroatoms. The number of rotatable bonds is 4. The molecule has 0 amide bonds. The minimum atomic E-state index is -1.01. The van der Waals surface area contributed by atoms with Gasteiger partial charge in [0.2, 0.25) is 0 Å². The fraction of sp³-hybridized carbons (Fsp3) is 0.500. The third-order valence-electron chi connectivity index (χ3n) is 3.67. The summed E-state index contributed by atoms with van der Waals surface area (Å²) in [5, 5.41) is 20.0. The Labute approximate surface area is 117 Å². The molecule has 2 N–H and O–H groups in total. The Hall–Kier alpha value is -1.26. The Morgan fingerprint density at radius 1 is 1.42 bits per heavy atom. The van der Waals surface area contributed by atoms with E-state index < -0.39 is 11.6 Å². The summed E-state index contributed by atoms with van der Waals surface area (Å²) in [5.74, 6) is -1.01. The van der Waals surface area contributed by atoms with E-state index in [2.05, 4.69) is 0 Å². The molecule has 1 aliphatic rings. The van der Waals surface area contributed by atoms with Crippen molar-refractivity contribution in [2.24, 2.45) is 0 Å². The first kappa shape index (κ1) is 14.2. The third kappa shape index (κ3) is 3.19. The number of hydrogen-bond acceptors (Lipinski definition) is 3. The van der Waals surface area contributed by atoms with Crippen molar-refractivity contribution in [1.82, 2.24) is 0 Å². The van der Waals surface area contributed by atoms with E-state index in [0.29, 0.717) is 17.3 Å². The number of carbonyl (C=O) groups is 1. The van der Waals surface area contributed by atoms with Gasteiger partial charge in [-0.1, -0.05) is 24.4 Å². The molecule has 0 aliphatic heterocycles. The standard InChI is InChI=1S/C14H18ClNO3/c1-16(9-14(19)6-2-3-7-14)12-5-4-10(15)8-11(12)13(17)18/h4-5,8,19H,2-3,6-7,9H2,1H3,(H,17,18). The van der Waals surface area contributed by atoms with Gasteiger partial charge < -0.3 is 15.1 Å². The van der Waals surface area contributed by atoms with Crippen molar-refractivity contribution in [3.05, 3.63) is 28.8 Å². The lowest BCUT2D eigenvalue weighted by molar-refractivity contribution is 0.0555. The van der Waals surface area contributed by atoms with Gasteiger partial charge in [-0.25, -0.2) is 4.79 Å². The number of likely N-dealkylation sites (N-methyl/N-ethyl adjacent to an activating group) is 1. The van der Waals surface area contributed by atoms with Crippen molar-refractivity contribution in [2.75, 3.05) is 18.5 Å². The van der Waals surface area contributed by atoms with Crippen molar-refractivity contribution in [3.63, 3.8) is 0 Å². The Morgan fingerprint density at radius 3 is 2.63 bits per heavy atom. The maximum absolute atomic E-state index is 11.2. The monoisotopic (exact) mass is 283 g/mol. The Kier molecular flexibility index (Phi) is 4.02. The summed E-state index contributed by atoms with van der Waals surface area (Å²) in [7, 11) is 1.80. The van der Waals surface area contributed by atoms with E-state index >= 15 is 0 Å². The molecule has 2 rings (SSSR count). The highest BCUT2D eigenvalue weighted by Crippen LogP contribution is 2.32. The molecule has 0 radical (unpaired) electrons. The molecule has 1 aromatic rings. The van der Waals surface area contributed by atoms with Gasteiger partial charge in [-0.2, -0.15) is 0 Å². The second-order valence-electron chi connectivity index (χ2n) is 5.25. The van der Waals surface area contributed by atoms with Crippen molar-refractivity contribution in [1.29, 1.82) is 0 Å². The first-order valence-electron chi connectivity index (χ1n) is 6.38. The van der Waals surface area contributed by atoms with Crippen LogP contribution in [0.2, 0.25) is 5.02 Å². The van der Waals surface area contributed by atoms with E-state index in [9.17, 15) is 15.0 Å². The van der Waals surface area contributed by atoms with Crippen LogP contribution < -0.4 is 4.90 Å². The second-order valence-corrected chi connectivity index (χ2v) is 5.69. The summed E-state index contributed by atoms with van der Waals surface area (Å²) in [6.45, 7) is 0.439. The molecule has 104 valence electrons. The van der Waals surface area contributed by atoms with Crippen LogP contribution in [0, 0.1) is 0 Å². The van der Waals surface area contributed by atoms with Gasteiger partial charge in [0.1, 0.15) is 0 Å². The van der Waals surface area contributed by atoms with Gasteiger partial charge in [-0.05, 0) is 31.0 Å². The lowest BCUT2D eigenvalue weighted by Crippen LogP contribution is -2.39. The molecule has 1 saturated carbocycles. The number of carboxylic acids is 1. The summed E-state index contributed by atoms with van der Waals surface area (Å²) in [6.07, 6.45) is 3.59. The number of hydrogen-bond donors (Lipinski definition) is 2. The van der Waals surface area contributed by atoms with Crippen LogP contribution in [0.15, 0.2) is 18.2 Å². The molecule has 1 aliphatic carbocycles. The smallest absolute Gasteiger partial charge is 0.337 e. The number of aliphatic hydroxyl groups is 1. The molecule has 0 spiro atoms. The van der Waals surface area contributed by atoms with Gasteiger partial charge in [0.25, 0.3) is 0 Å². The van der Waals surface area contributed by atoms with Crippen LogP contribution in [0.3, 0.4) is 0 Å². The molecule has 0 heterocycles. The molecule has 1 aromatic carbocycles. The lowest BCUT2D eigenvalue weighted by atomic mass is 10.0. The van der Waals surface area contributed by atoms with Crippen LogP contribution in [0.1, 0.15) is 36.0 Å². The highest BCUT2D eigenvalue weighted by Gasteiger charge is 2.33. The Bertz CT molecular complexity index is 484. The number of anilines is 1. The Morgan fingerprint density at radius 2 is 2.05 bits per heavy atom. The largest absolute Gasteiger partial charge is 0.478 e. The molecule has 19 heavy (non-hydrogen) atoms. The highest BCUT2D eigenvalue weighted by molar-refractivity contribution is 6.31. The van der Waals surface area contributed by atoms with E-state index in [1.807, 2.05) is 0 Å². The van der Waals surface area contributed by atoms with Crippen molar-refractivity contribution >= 4 is 23.3 Å². The molecular weight excluding hydrogens is 266 g/mol. The SMILES string of the molecule is CN(CC1(O)CCCC1)c1ccc(Cl)cc1C(=O)O. The van der Waals surface area contributed by atoms with Gasteiger partial charge in [-0.3, -0.25) is 0 Å². The summed E-state index contributed by atoms with van der Waals surface area (Å²) in [5.41, 5.74) is 0.0401. The zero-order valence-electron chi connectivity index (χ0n) is 10.9. The molecular formula is C14H18ClNO3. The molecule has 0 aromatic heterocycles. The zero-order valence-corrected chi connectivity index (χ0v) is 11.7. The van der Waals surface area contributed by atoms with Crippen LogP contribution in [0.4, 0.5) is 5.69 Å². The van der Waals surface area contributed by atoms with Crippen LogP contribution in [0.25, 0.3) is 0 Å². The van der Waals surface area contributed by atoms with Gasteiger partial charge >= 0.3 is 5.97 Å². The summed E-state index contributed by atoms with van der Waals surface area (Å²) in [6, 6.07) is 4.79. The minimum Gasteiger partial charge on any atom is -0.478 e. The predicted octanol–water partition coefficient (Wildman–Crippen LogP) is 2.78. The van der Waals surface area contributed by atoms with E-state index in [1.165, 1.54) is 6.07 Å². The topological polar surface area (TPSA) is 60.8 Å². The average Bonchev–Trinajstić information content (AvgIpc) is 2.75. The van der Waals surface area contributed by atoms with Crippen LogP contribution >= 0.6 is 11.6 Å². The number of nitrogens with zero attached hydrogens (tertiary/aromatic N) is 1. The quantitative estimate of drug-likeness (QED) is 0.892. The number of aromatic carboxylic acids is 1.